The number of nitrogens with zero attached hydrogens (tertiary/aromatic N) is 2. The van der Waals surface area contributed by atoms with Crippen LogP contribution in [0.5, 0.6) is 11.6 Å². The van der Waals surface area contributed by atoms with Crippen molar-refractivity contribution in [1.29, 1.82) is 0 Å². The number of hydrogen-bond donors (Lipinski definition) is 1. The van der Waals surface area contributed by atoms with Gasteiger partial charge in [0.25, 0.3) is 5.91 Å². The first kappa shape index (κ1) is 16.1. The summed E-state index contributed by atoms with van der Waals surface area (Å²) in [6.45, 7) is 2.09. The van der Waals surface area contributed by atoms with E-state index in [0.717, 1.165) is 5.01 Å². The summed E-state index contributed by atoms with van der Waals surface area (Å²) in [7, 11) is 0. The van der Waals surface area contributed by atoms with E-state index in [1.54, 1.807) is 36.7 Å². The molecule has 0 aliphatic heterocycles. The monoisotopic (exact) mass is 343 g/mol. The maximum atomic E-state index is 13.3. The number of ether oxygens (including phenoxy) is 1. The van der Waals surface area contributed by atoms with Crippen LogP contribution < -0.4 is 10.1 Å². The molecule has 0 radical (unpaired) electrons. The average molecular weight is 343 g/mol. The molecule has 1 N–H and O–H groups in total. The van der Waals surface area contributed by atoms with Crippen LogP contribution in [0.3, 0.4) is 0 Å². The number of carbonyl (C=O) groups is 1. The summed E-state index contributed by atoms with van der Waals surface area (Å²) in [6, 6.07) is 9.35. The minimum absolute atomic E-state index is 0.207. The van der Waals surface area contributed by atoms with E-state index < -0.39 is 0 Å². The zero-order valence-electron chi connectivity index (χ0n) is 12.8. The first-order valence-electron chi connectivity index (χ1n) is 7.20. The quantitative estimate of drug-likeness (QED) is 0.767. The van der Waals surface area contributed by atoms with Gasteiger partial charge in [0, 0.05) is 24.4 Å². The van der Waals surface area contributed by atoms with Gasteiger partial charge in [-0.15, -0.1) is 11.3 Å². The second-order valence-electron chi connectivity index (χ2n) is 4.95. The zero-order valence-corrected chi connectivity index (χ0v) is 13.6. The van der Waals surface area contributed by atoms with Gasteiger partial charge in [0.05, 0.1) is 11.2 Å². The Morgan fingerprint density at radius 3 is 2.92 bits per heavy atom. The summed E-state index contributed by atoms with van der Waals surface area (Å²) >= 11 is 1.33. The molecule has 2 heterocycles. The lowest BCUT2D eigenvalue weighted by molar-refractivity contribution is 0.0954. The lowest BCUT2D eigenvalue weighted by Crippen LogP contribution is -2.22. The zero-order chi connectivity index (χ0) is 16.9. The van der Waals surface area contributed by atoms with Gasteiger partial charge < -0.3 is 10.1 Å². The number of nitrogens with one attached hydrogen (secondary N) is 1. The molecule has 5 nitrogen and oxygen atoms in total. The Morgan fingerprint density at radius 1 is 1.29 bits per heavy atom. The normalized spacial score (nSPS) is 10.4. The summed E-state index contributed by atoms with van der Waals surface area (Å²) in [6.07, 6.45) is 3.12. The van der Waals surface area contributed by atoms with E-state index >= 15 is 0 Å². The van der Waals surface area contributed by atoms with Crippen LogP contribution in [0.25, 0.3) is 0 Å². The minimum atomic E-state index is -0.390. The number of amides is 1. The lowest BCUT2D eigenvalue weighted by atomic mass is 10.2. The van der Waals surface area contributed by atoms with Gasteiger partial charge in [-0.3, -0.25) is 4.79 Å². The number of pyridine rings is 1. The molecule has 0 aliphatic rings. The van der Waals surface area contributed by atoms with Gasteiger partial charge in [0.2, 0.25) is 5.88 Å². The van der Waals surface area contributed by atoms with E-state index in [1.807, 2.05) is 6.92 Å². The molecule has 0 fully saturated rings. The molecule has 1 amide bonds. The van der Waals surface area contributed by atoms with Crippen LogP contribution in [-0.2, 0) is 6.54 Å². The van der Waals surface area contributed by atoms with Crippen LogP contribution in [0.1, 0.15) is 20.2 Å². The van der Waals surface area contributed by atoms with Crippen LogP contribution in [0.4, 0.5) is 4.39 Å². The molecule has 0 unspecified atom stereocenters. The standard InChI is InChI=1S/C17H14FN3O2S/c1-11-20-10-15(24-11)16(22)21-9-12-4-3-7-19-17(12)23-14-6-2-5-13(18)8-14/h2-8,10H,9H2,1H3,(H,21,22). The number of benzene rings is 1. The molecule has 0 bridgehead atoms. The van der Waals surface area contributed by atoms with Gasteiger partial charge in [-0.2, -0.15) is 0 Å². The fourth-order valence-electron chi connectivity index (χ4n) is 2.02. The topological polar surface area (TPSA) is 64.1 Å². The molecular formula is C17H14FN3O2S. The fraction of sp³-hybridized carbons (Fsp3) is 0.118. The Morgan fingerprint density at radius 2 is 2.17 bits per heavy atom. The highest BCUT2D eigenvalue weighted by Gasteiger charge is 2.11. The Kier molecular flexibility index (Phi) is 4.81. The Labute approximate surface area is 142 Å². The van der Waals surface area contributed by atoms with Crippen molar-refractivity contribution in [3.63, 3.8) is 0 Å². The van der Waals surface area contributed by atoms with Crippen molar-refractivity contribution in [3.8, 4) is 11.6 Å². The smallest absolute Gasteiger partial charge is 0.263 e. The highest BCUT2D eigenvalue weighted by atomic mass is 32.1. The molecule has 0 aliphatic carbocycles. The molecule has 3 rings (SSSR count). The molecule has 24 heavy (non-hydrogen) atoms. The third-order valence-electron chi connectivity index (χ3n) is 3.15. The van der Waals surface area contributed by atoms with Crippen molar-refractivity contribution < 1.29 is 13.9 Å². The predicted molar refractivity (Wildman–Crippen MR) is 88.7 cm³/mol. The third kappa shape index (κ3) is 3.94. The van der Waals surface area contributed by atoms with E-state index in [1.165, 1.54) is 23.5 Å². The SMILES string of the molecule is Cc1ncc(C(=O)NCc2cccnc2Oc2cccc(F)c2)s1. The van der Waals surface area contributed by atoms with Gasteiger partial charge in [-0.05, 0) is 25.1 Å². The van der Waals surface area contributed by atoms with Gasteiger partial charge >= 0.3 is 0 Å². The maximum Gasteiger partial charge on any atom is 0.263 e. The van der Waals surface area contributed by atoms with E-state index in [2.05, 4.69) is 15.3 Å². The van der Waals surface area contributed by atoms with Gasteiger partial charge in [0.15, 0.2) is 0 Å². The highest BCUT2D eigenvalue weighted by molar-refractivity contribution is 7.13. The first-order valence-corrected chi connectivity index (χ1v) is 8.01. The number of halogens is 1. The molecule has 2 aromatic heterocycles. The first-order chi connectivity index (χ1) is 11.6. The van der Waals surface area contributed by atoms with Crippen molar-refractivity contribution in [1.82, 2.24) is 15.3 Å². The van der Waals surface area contributed by atoms with Crippen molar-refractivity contribution in [2.45, 2.75) is 13.5 Å². The third-order valence-corrected chi connectivity index (χ3v) is 4.06. The summed E-state index contributed by atoms with van der Waals surface area (Å²) < 4.78 is 18.9. The van der Waals surface area contributed by atoms with E-state index in [9.17, 15) is 9.18 Å². The van der Waals surface area contributed by atoms with E-state index in [4.69, 9.17) is 4.74 Å². The molecule has 3 aromatic rings. The highest BCUT2D eigenvalue weighted by Crippen LogP contribution is 2.23. The summed E-state index contributed by atoms with van der Waals surface area (Å²) in [5, 5.41) is 3.63. The minimum Gasteiger partial charge on any atom is -0.439 e. The molecule has 0 atom stereocenters. The van der Waals surface area contributed by atoms with Crippen LogP contribution in [0.15, 0.2) is 48.8 Å². The summed E-state index contributed by atoms with van der Waals surface area (Å²) in [5.41, 5.74) is 0.691. The second kappa shape index (κ2) is 7.18. The summed E-state index contributed by atoms with van der Waals surface area (Å²) in [4.78, 5) is 20.9. The predicted octanol–water partition coefficient (Wildman–Crippen LogP) is 3.71. The maximum absolute atomic E-state index is 13.3. The Bertz CT molecular complexity index is 866. The van der Waals surface area contributed by atoms with Gasteiger partial charge in [-0.25, -0.2) is 14.4 Å². The Balaban J connectivity index is 1.71. The van der Waals surface area contributed by atoms with Gasteiger partial charge in [0.1, 0.15) is 16.4 Å². The number of aryl methyl sites for hydroxylation is 1. The number of carbonyl (C=O) groups excluding carboxylic acids is 1. The number of rotatable bonds is 5. The van der Waals surface area contributed by atoms with E-state index in [0.29, 0.717) is 22.1 Å². The molecule has 122 valence electrons. The van der Waals surface area contributed by atoms with Crippen LogP contribution in [0.2, 0.25) is 0 Å². The van der Waals surface area contributed by atoms with Gasteiger partial charge in [-0.1, -0.05) is 12.1 Å². The molecule has 0 saturated carbocycles. The number of thiazole rings is 1. The van der Waals surface area contributed by atoms with Crippen LogP contribution >= 0.6 is 11.3 Å². The van der Waals surface area contributed by atoms with Crippen LogP contribution in [0, 0.1) is 12.7 Å². The molecule has 1 aromatic carbocycles. The second-order valence-corrected chi connectivity index (χ2v) is 6.19. The number of hydrogen-bond acceptors (Lipinski definition) is 5. The molecule has 0 spiro atoms. The Hall–Kier alpha value is -2.80. The van der Waals surface area contributed by atoms with Crippen molar-refractivity contribution in [3.05, 3.63) is 70.1 Å². The van der Waals surface area contributed by atoms with Crippen molar-refractivity contribution in [2.24, 2.45) is 0 Å². The largest absolute Gasteiger partial charge is 0.439 e. The number of aromatic nitrogens is 2. The lowest BCUT2D eigenvalue weighted by Gasteiger charge is -2.10. The van der Waals surface area contributed by atoms with E-state index in [-0.39, 0.29) is 18.3 Å². The molecule has 0 saturated heterocycles. The average Bonchev–Trinajstić information content (AvgIpc) is 3.00. The van der Waals surface area contributed by atoms with Crippen molar-refractivity contribution >= 4 is 17.2 Å². The fourth-order valence-corrected chi connectivity index (χ4v) is 2.72. The molecular weight excluding hydrogens is 329 g/mol. The van der Waals surface area contributed by atoms with Crippen LogP contribution in [-0.4, -0.2) is 15.9 Å². The summed E-state index contributed by atoms with van der Waals surface area (Å²) in [5.74, 6) is 0.0725. The molecule has 7 heteroatoms. The van der Waals surface area contributed by atoms with Crippen molar-refractivity contribution in [2.75, 3.05) is 0 Å².